The largest absolute Gasteiger partial charge is 0.496 e. The minimum absolute atomic E-state index is 0. The zero-order valence-corrected chi connectivity index (χ0v) is 18.1. The Bertz CT molecular complexity index is 719. The number of rotatable bonds is 5. The molecule has 0 unspecified atom stereocenters. The van der Waals surface area contributed by atoms with Crippen LogP contribution in [0.2, 0.25) is 0 Å². The maximum Gasteiger partial charge on any atom is 0.191 e. The van der Waals surface area contributed by atoms with E-state index in [0.717, 1.165) is 65.2 Å². The lowest BCUT2D eigenvalue weighted by atomic mass is 9.97. The standard InChI is InChI=1S/C17H25N5OS.2ClH/c1-11-9-19-14(12(2)15(11)23-4)10-24-17-21-20-16(22(17)3)13-5-7-18-8-6-13;;/h9,13,18H,5-8,10H2,1-4H3;2*1H. The first-order valence-electron chi connectivity index (χ1n) is 8.33. The molecule has 146 valence electrons. The van der Waals surface area contributed by atoms with Crippen LogP contribution in [0.1, 0.15) is 41.4 Å². The van der Waals surface area contributed by atoms with Crippen LogP contribution in [0.25, 0.3) is 0 Å². The van der Waals surface area contributed by atoms with Crippen LogP contribution in [-0.4, -0.2) is 39.9 Å². The normalized spacial score (nSPS) is 14.5. The average Bonchev–Trinajstić information content (AvgIpc) is 2.96. The number of aryl methyl sites for hydroxylation is 1. The fourth-order valence-corrected chi connectivity index (χ4v) is 4.18. The first kappa shape index (κ1) is 23.0. The smallest absolute Gasteiger partial charge is 0.191 e. The molecule has 2 aromatic heterocycles. The van der Waals surface area contributed by atoms with Gasteiger partial charge in [0.1, 0.15) is 11.6 Å². The predicted molar refractivity (Wildman–Crippen MR) is 110 cm³/mol. The van der Waals surface area contributed by atoms with Gasteiger partial charge in [0, 0.05) is 36.0 Å². The van der Waals surface area contributed by atoms with Crippen LogP contribution in [0.15, 0.2) is 11.4 Å². The molecule has 0 radical (unpaired) electrons. The van der Waals surface area contributed by atoms with Gasteiger partial charge in [-0.3, -0.25) is 4.98 Å². The molecule has 1 aliphatic rings. The zero-order valence-electron chi connectivity index (χ0n) is 15.6. The molecule has 1 saturated heterocycles. The summed E-state index contributed by atoms with van der Waals surface area (Å²) in [4.78, 5) is 4.56. The van der Waals surface area contributed by atoms with Crippen molar-refractivity contribution in [3.8, 4) is 5.75 Å². The summed E-state index contributed by atoms with van der Waals surface area (Å²) in [6.45, 7) is 6.20. The van der Waals surface area contributed by atoms with E-state index < -0.39 is 0 Å². The third kappa shape index (κ3) is 4.82. The van der Waals surface area contributed by atoms with Crippen molar-refractivity contribution < 1.29 is 4.74 Å². The maximum atomic E-state index is 5.49. The van der Waals surface area contributed by atoms with Crippen LogP contribution in [0, 0.1) is 13.8 Å². The third-order valence-electron chi connectivity index (χ3n) is 4.66. The lowest BCUT2D eigenvalue weighted by Crippen LogP contribution is -2.27. The number of nitrogens with one attached hydrogen (secondary N) is 1. The highest BCUT2D eigenvalue weighted by Crippen LogP contribution is 2.30. The lowest BCUT2D eigenvalue weighted by Gasteiger charge is -2.21. The van der Waals surface area contributed by atoms with Gasteiger partial charge in [-0.25, -0.2) is 0 Å². The molecule has 6 nitrogen and oxygen atoms in total. The molecule has 2 aromatic rings. The lowest BCUT2D eigenvalue weighted by molar-refractivity contribution is 0.407. The Hall–Kier alpha value is -1.02. The topological polar surface area (TPSA) is 64.9 Å². The second-order valence-corrected chi connectivity index (χ2v) is 7.20. The molecule has 1 aliphatic heterocycles. The van der Waals surface area contributed by atoms with E-state index in [2.05, 4.69) is 39.0 Å². The van der Waals surface area contributed by atoms with Crippen molar-refractivity contribution in [3.05, 3.63) is 28.8 Å². The summed E-state index contributed by atoms with van der Waals surface area (Å²) in [6, 6.07) is 0. The highest BCUT2D eigenvalue weighted by atomic mass is 35.5. The Balaban J connectivity index is 0.00000169. The van der Waals surface area contributed by atoms with Crippen molar-refractivity contribution in [1.82, 2.24) is 25.1 Å². The number of halogens is 2. The van der Waals surface area contributed by atoms with Crippen molar-refractivity contribution in [2.75, 3.05) is 20.2 Å². The monoisotopic (exact) mass is 419 g/mol. The van der Waals surface area contributed by atoms with E-state index in [1.54, 1.807) is 18.9 Å². The second kappa shape index (κ2) is 10.3. The van der Waals surface area contributed by atoms with Crippen LogP contribution in [0.3, 0.4) is 0 Å². The Morgan fingerprint density at radius 2 is 1.92 bits per heavy atom. The number of hydrogen-bond donors (Lipinski definition) is 1. The number of pyridine rings is 1. The van der Waals surface area contributed by atoms with Gasteiger partial charge < -0.3 is 14.6 Å². The van der Waals surface area contributed by atoms with Crippen LogP contribution in [0.4, 0.5) is 0 Å². The molecule has 0 aromatic carbocycles. The van der Waals surface area contributed by atoms with Crippen LogP contribution in [0.5, 0.6) is 5.75 Å². The van der Waals surface area contributed by atoms with Crippen LogP contribution >= 0.6 is 36.6 Å². The van der Waals surface area contributed by atoms with Gasteiger partial charge >= 0.3 is 0 Å². The molecular weight excluding hydrogens is 393 g/mol. The molecule has 0 amide bonds. The van der Waals surface area contributed by atoms with E-state index in [1.165, 1.54) is 0 Å². The molecule has 0 atom stereocenters. The fourth-order valence-electron chi connectivity index (χ4n) is 3.24. The number of thioether (sulfide) groups is 1. The van der Waals surface area contributed by atoms with Gasteiger partial charge in [-0.15, -0.1) is 35.0 Å². The fraction of sp³-hybridized carbons (Fsp3) is 0.588. The van der Waals surface area contributed by atoms with Crippen molar-refractivity contribution in [2.24, 2.45) is 7.05 Å². The molecule has 0 saturated carbocycles. The van der Waals surface area contributed by atoms with Gasteiger partial charge in [0.25, 0.3) is 0 Å². The highest BCUT2D eigenvalue weighted by Gasteiger charge is 2.22. The minimum atomic E-state index is 0. The SMILES string of the molecule is COc1c(C)cnc(CSc2nnc(C3CCNCC3)n2C)c1C.Cl.Cl. The number of piperidine rings is 1. The summed E-state index contributed by atoms with van der Waals surface area (Å²) in [5.74, 6) is 3.30. The summed E-state index contributed by atoms with van der Waals surface area (Å²) >= 11 is 1.68. The highest BCUT2D eigenvalue weighted by molar-refractivity contribution is 7.98. The Morgan fingerprint density at radius 1 is 1.23 bits per heavy atom. The van der Waals surface area contributed by atoms with E-state index in [0.29, 0.717) is 5.92 Å². The summed E-state index contributed by atoms with van der Waals surface area (Å²) in [5.41, 5.74) is 3.20. The summed E-state index contributed by atoms with van der Waals surface area (Å²) in [7, 11) is 3.77. The van der Waals surface area contributed by atoms with Crippen molar-refractivity contribution in [1.29, 1.82) is 0 Å². The zero-order chi connectivity index (χ0) is 17.1. The first-order chi connectivity index (χ1) is 11.6. The maximum absolute atomic E-state index is 5.49. The van der Waals surface area contributed by atoms with Crippen molar-refractivity contribution >= 4 is 36.6 Å². The average molecular weight is 420 g/mol. The molecule has 26 heavy (non-hydrogen) atoms. The Labute approximate surface area is 171 Å². The molecular formula is C17H27Cl2N5OS. The van der Waals surface area contributed by atoms with Gasteiger partial charge in [0.2, 0.25) is 0 Å². The van der Waals surface area contributed by atoms with Gasteiger partial charge in [0.05, 0.1) is 12.8 Å². The molecule has 0 spiro atoms. The van der Waals surface area contributed by atoms with E-state index in [-0.39, 0.29) is 24.8 Å². The van der Waals surface area contributed by atoms with Crippen LogP contribution in [-0.2, 0) is 12.8 Å². The number of hydrogen-bond acceptors (Lipinski definition) is 6. The van der Waals surface area contributed by atoms with Crippen molar-refractivity contribution in [2.45, 2.75) is 43.5 Å². The van der Waals surface area contributed by atoms with Crippen molar-refractivity contribution in [3.63, 3.8) is 0 Å². The van der Waals surface area contributed by atoms with Gasteiger partial charge in [0.15, 0.2) is 5.16 Å². The minimum Gasteiger partial charge on any atom is -0.496 e. The number of ether oxygens (including phenoxy) is 1. The summed E-state index contributed by atoms with van der Waals surface area (Å²) < 4.78 is 7.63. The molecule has 3 rings (SSSR count). The predicted octanol–water partition coefficient (Wildman–Crippen LogP) is 3.44. The number of nitrogens with zero attached hydrogens (tertiary/aromatic N) is 4. The van der Waals surface area contributed by atoms with E-state index in [9.17, 15) is 0 Å². The van der Waals surface area contributed by atoms with E-state index in [1.807, 2.05) is 13.1 Å². The van der Waals surface area contributed by atoms with Gasteiger partial charge in [-0.1, -0.05) is 11.8 Å². The quantitative estimate of drug-likeness (QED) is 0.748. The molecule has 0 aliphatic carbocycles. The van der Waals surface area contributed by atoms with Crippen LogP contribution < -0.4 is 10.1 Å². The first-order valence-corrected chi connectivity index (χ1v) is 9.32. The van der Waals surface area contributed by atoms with E-state index >= 15 is 0 Å². The van der Waals surface area contributed by atoms with Gasteiger partial charge in [-0.2, -0.15) is 0 Å². The van der Waals surface area contributed by atoms with E-state index in [4.69, 9.17) is 4.74 Å². The number of aromatic nitrogens is 4. The molecule has 1 N–H and O–H groups in total. The number of methoxy groups -OCH3 is 1. The Kier molecular flexibility index (Phi) is 9.16. The third-order valence-corrected chi connectivity index (χ3v) is 5.69. The second-order valence-electron chi connectivity index (χ2n) is 6.26. The Morgan fingerprint density at radius 3 is 2.58 bits per heavy atom. The molecule has 3 heterocycles. The summed E-state index contributed by atoms with van der Waals surface area (Å²) in [6.07, 6.45) is 4.14. The summed E-state index contributed by atoms with van der Waals surface area (Å²) in [5, 5.41) is 13.2. The molecule has 9 heteroatoms. The van der Waals surface area contributed by atoms with Gasteiger partial charge in [-0.05, 0) is 39.8 Å². The molecule has 1 fully saturated rings. The molecule has 0 bridgehead atoms.